The van der Waals surface area contributed by atoms with Gasteiger partial charge < -0.3 is 14.8 Å². The van der Waals surface area contributed by atoms with Crippen LogP contribution in [0.5, 0.6) is 0 Å². The quantitative estimate of drug-likeness (QED) is 0.667. The SMILES string of the molecule is COC1CN(C(C)CCNCC(C)C)CC1OC. The largest absolute Gasteiger partial charge is 0.377 e. The molecule has 3 atom stereocenters. The maximum atomic E-state index is 5.47. The lowest BCUT2D eigenvalue weighted by atomic mass is 10.2. The molecule has 1 aliphatic rings. The molecule has 108 valence electrons. The minimum Gasteiger partial charge on any atom is -0.377 e. The van der Waals surface area contributed by atoms with Gasteiger partial charge in [-0.2, -0.15) is 0 Å². The zero-order valence-electron chi connectivity index (χ0n) is 12.6. The average Bonchev–Trinajstić information content (AvgIpc) is 2.77. The molecule has 0 aliphatic carbocycles. The van der Waals surface area contributed by atoms with Crippen LogP contribution in [0.3, 0.4) is 0 Å². The minimum atomic E-state index is 0.223. The van der Waals surface area contributed by atoms with E-state index in [1.165, 1.54) is 6.42 Å². The van der Waals surface area contributed by atoms with E-state index in [0.717, 1.165) is 32.1 Å². The molecular weight excluding hydrogens is 228 g/mol. The summed E-state index contributed by atoms with van der Waals surface area (Å²) in [5, 5.41) is 3.50. The minimum absolute atomic E-state index is 0.223. The van der Waals surface area contributed by atoms with E-state index >= 15 is 0 Å². The van der Waals surface area contributed by atoms with Crippen LogP contribution in [0.4, 0.5) is 0 Å². The van der Waals surface area contributed by atoms with Crippen LogP contribution in [-0.2, 0) is 9.47 Å². The fraction of sp³-hybridized carbons (Fsp3) is 1.00. The first kappa shape index (κ1) is 15.9. The molecule has 1 saturated heterocycles. The Morgan fingerprint density at radius 3 is 2.11 bits per heavy atom. The summed E-state index contributed by atoms with van der Waals surface area (Å²) in [5.41, 5.74) is 0. The molecule has 1 heterocycles. The molecule has 1 fully saturated rings. The second-order valence-corrected chi connectivity index (χ2v) is 5.74. The number of nitrogens with zero attached hydrogens (tertiary/aromatic N) is 1. The molecule has 1 rings (SSSR count). The lowest BCUT2D eigenvalue weighted by Crippen LogP contribution is -2.35. The van der Waals surface area contributed by atoms with E-state index in [0.29, 0.717) is 6.04 Å². The van der Waals surface area contributed by atoms with Gasteiger partial charge in [-0.1, -0.05) is 13.8 Å². The Labute approximate surface area is 112 Å². The monoisotopic (exact) mass is 258 g/mol. The summed E-state index contributed by atoms with van der Waals surface area (Å²) < 4.78 is 10.9. The maximum absolute atomic E-state index is 5.47. The topological polar surface area (TPSA) is 33.7 Å². The van der Waals surface area contributed by atoms with E-state index in [9.17, 15) is 0 Å². The summed E-state index contributed by atoms with van der Waals surface area (Å²) in [6.07, 6.45) is 1.63. The van der Waals surface area contributed by atoms with Gasteiger partial charge in [-0.05, 0) is 32.4 Å². The molecule has 1 N–H and O–H groups in total. The third kappa shape index (κ3) is 4.84. The highest BCUT2D eigenvalue weighted by Gasteiger charge is 2.34. The van der Waals surface area contributed by atoms with Crippen molar-refractivity contribution in [1.29, 1.82) is 0 Å². The van der Waals surface area contributed by atoms with Crippen molar-refractivity contribution in [3.8, 4) is 0 Å². The summed E-state index contributed by atoms with van der Waals surface area (Å²) in [6.45, 7) is 10.9. The summed E-state index contributed by atoms with van der Waals surface area (Å²) in [4.78, 5) is 2.47. The predicted octanol–water partition coefficient (Wildman–Crippen LogP) is 1.36. The van der Waals surface area contributed by atoms with Gasteiger partial charge in [0, 0.05) is 33.4 Å². The van der Waals surface area contributed by atoms with Crippen molar-refractivity contribution in [2.24, 2.45) is 5.92 Å². The number of hydrogen-bond donors (Lipinski definition) is 1. The van der Waals surface area contributed by atoms with Gasteiger partial charge >= 0.3 is 0 Å². The highest BCUT2D eigenvalue weighted by molar-refractivity contribution is 4.88. The third-order valence-corrected chi connectivity index (χ3v) is 3.76. The molecular formula is C14H30N2O2. The molecule has 0 saturated carbocycles. The fourth-order valence-electron chi connectivity index (χ4n) is 2.47. The molecule has 0 aromatic carbocycles. The van der Waals surface area contributed by atoms with Crippen molar-refractivity contribution < 1.29 is 9.47 Å². The van der Waals surface area contributed by atoms with Crippen LogP contribution < -0.4 is 5.32 Å². The fourth-order valence-corrected chi connectivity index (χ4v) is 2.47. The van der Waals surface area contributed by atoms with Crippen LogP contribution >= 0.6 is 0 Å². The second-order valence-electron chi connectivity index (χ2n) is 5.74. The van der Waals surface area contributed by atoms with Gasteiger partial charge in [0.2, 0.25) is 0 Å². The van der Waals surface area contributed by atoms with Crippen LogP contribution in [-0.4, -0.2) is 63.5 Å². The molecule has 0 aromatic rings. The van der Waals surface area contributed by atoms with Gasteiger partial charge in [0.1, 0.15) is 0 Å². The van der Waals surface area contributed by atoms with Crippen molar-refractivity contribution in [3.05, 3.63) is 0 Å². The van der Waals surface area contributed by atoms with E-state index < -0.39 is 0 Å². The van der Waals surface area contributed by atoms with Crippen molar-refractivity contribution in [1.82, 2.24) is 10.2 Å². The second kappa shape index (κ2) is 8.10. The zero-order valence-corrected chi connectivity index (χ0v) is 12.6. The molecule has 4 nitrogen and oxygen atoms in total. The Morgan fingerprint density at radius 2 is 1.67 bits per heavy atom. The first-order chi connectivity index (χ1) is 8.58. The number of rotatable bonds is 8. The normalized spacial score (nSPS) is 27.0. The summed E-state index contributed by atoms with van der Waals surface area (Å²) in [7, 11) is 3.55. The highest BCUT2D eigenvalue weighted by atomic mass is 16.5. The zero-order chi connectivity index (χ0) is 13.5. The van der Waals surface area contributed by atoms with E-state index in [1.807, 2.05) is 0 Å². The van der Waals surface area contributed by atoms with E-state index in [1.54, 1.807) is 14.2 Å². The lowest BCUT2D eigenvalue weighted by molar-refractivity contribution is -0.00461. The van der Waals surface area contributed by atoms with Gasteiger partial charge in [-0.25, -0.2) is 0 Å². The molecule has 3 unspecified atom stereocenters. The number of hydrogen-bond acceptors (Lipinski definition) is 4. The summed E-state index contributed by atoms with van der Waals surface area (Å²) in [5.74, 6) is 0.725. The average molecular weight is 258 g/mol. The Morgan fingerprint density at radius 1 is 1.11 bits per heavy atom. The molecule has 0 aromatic heterocycles. The van der Waals surface area contributed by atoms with Gasteiger partial charge in [0.25, 0.3) is 0 Å². The first-order valence-corrected chi connectivity index (χ1v) is 7.08. The summed E-state index contributed by atoms with van der Waals surface area (Å²) >= 11 is 0. The Kier molecular flexibility index (Phi) is 7.15. The van der Waals surface area contributed by atoms with Gasteiger partial charge in [0.05, 0.1) is 12.2 Å². The smallest absolute Gasteiger partial charge is 0.0971 e. The van der Waals surface area contributed by atoms with E-state index in [2.05, 4.69) is 31.0 Å². The van der Waals surface area contributed by atoms with E-state index in [4.69, 9.17) is 9.47 Å². The van der Waals surface area contributed by atoms with Crippen molar-refractivity contribution >= 4 is 0 Å². The predicted molar refractivity (Wildman–Crippen MR) is 75.0 cm³/mol. The molecule has 1 aliphatic heterocycles. The maximum Gasteiger partial charge on any atom is 0.0971 e. The van der Waals surface area contributed by atoms with Crippen molar-refractivity contribution in [2.45, 2.75) is 45.4 Å². The van der Waals surface area contributed by atoms with Crippen molar-refractivity contribution in [2.75, 3.05) is 40.4 Å². The molecule has 0 amide bonds. The highest BCUT2D eigenvalue weighted by Crippen LogP contribution is 2.19. The molecule has 0 radical (unpaired) electrons. The Hall–Kier alpha value is -0.160. The standard InChI is InChI=1S/C14H30N2O2/c1-11(2)8-15-7-6-12(3)16-9-13(17-4)14(10-16)18-5/h11-15H,6-10H2,1-5H3. The Bertz CT molecular complexity index is 212. The van der Waals surface area contributed by atoms with Crippen molar-refractivity contribution in [3.63, 3.8) is 0 Å². The first-order valence-electron chi connectivity index (χ1n) is 7.08. The number of likely N-dealkylation sites (tertiary alicyclic amines) is 1. The molecule has 18 heavy (non-hydrogen) atoms. The number of methoxy groups -OCH3 is 2. The van der Waals surface area contributed by atoms with Gasteiger partial charge in [-0.15, -0.1) is 0 Å². The van der Waals surface area contributed by atoms with Gasteiger partial charge in [0.15, 0.2) is 0 Å². The van der Waals surface area contributed by atoms with Gasteiger partial charge in [-0.3, -0.25) is 4.90 Å². The van der Waals surface area contributed by atoms with Crippen LogP contribution in [0, 0.1) is 5.92 Å². The van der Waals surface area contributed by atoms with Crippen LogP contribution in [0.15, 0.2) is 0 Å². The molecule has 0 spiro atoms. The molecule has 0 bridgehead atoms. The Balaban J connectivity index is 2.24. The number of ether oxygens (including phenoxy) is 2. The molecule has 4 heteroatoms. The number of nitrogens with one attached hydrogen (secondary N) is 1. The van der Waals surface area contributed by atoms with E-state index in [-0.39, 0.29) is 12.2 Å². The lowest BCUT2D eigenvalue weighted by Gasteiger charge is -2.24. The van der Waals surface area contributed by atoms with Crippen LogP contribution in [0.25, 0.3) is 0 Å². The third-order valence-electron chi connectivity index (χ3n) is 3.76. The summed E-state index contributed by atoms with van der Waals surface area (Å²) in [6, 6.07) is 0.586. The van der Waals surface area contributed by atoms with Crippen LogP contribution in [0.1, 0.15) is 27.2 Å². The van der Waals surface area contributed by atoms with Crippen LogP contribution in [0.2, 0.25) is 0 Å².